The van der Waals surface area contributed by atoms with Crippen molar-refractivity contribution in [3.63, 3.8) is 0 Å². The SMILES string of the molecule is N[C@@H](CS)C(=O)OC(=O)/C=C\C(=O)OC(=O)[C@@H](N)CS. The topological polar surface area (TPSA) is 139 Å². The van der Waals surface area contributed by atoms with Crippen molar-refractivity contribution in [3.05, 3.63) is 12.2 Å². The number of rotatable bonds is 6. The Morgan fingerprint density at radius 3 is 1.40 bits per heavy atom. The van der Waals surface area contributed by atoms with Gasteiger partial charge in [0.2, 0.25) is 0 Å². The van der Waals surface area contributed by atoms with E-state index in [-0.39, 0.29) is 11.5 Å². The summed E-state index contributed by atoms with van der Waals surface area (Å²) in [7, 11) is 0. The second-order valence-electron chi connectivity index (χ2n) is 3.39. The van der Waals surface area contributed by atoms with Gasteiger partial charge in [-0.05, 0) is 0 Å². The summed E-state index contributed by atoms with van der Waals surface area (Å²) < 4.78 is 8.52. The van der Waals surface area contributed by atoms with Crippen molar-refractivity contribution in [1.29, 1.82) is 0 Å². The first-order valence-corrected chi connectivity index (χ1v) is 6.50. The van der Waals surface area contributed by atoms with Crippen LogP contribution in [0.3, 0.4) is 0 Å². The standard InChI is InChI=1S/C10H14N2O6S2/c11-5(3-19)9(15)17-7(13)1-2-8(14)18-10(16)6(12)4-20/h1-2,5-6,19-20H,3-4,11-12H2/b2-1-/t5-,6-/m0/s1. The molecule has 2 atom stereocenters. The lowest BCUT2D eigenvalue weighted by atomic mass is 10.4. The quantitative estimate of drug-likeness (QED) is 0.194. The smallest absolute Gasteiger partial charge is 0.338 e. The summed E-state index contributed by atoms with van der Waals surface area (Å²) in [5.41, 5.74) is 10.5. The van der Waals surface area contributed by atoms with Gasteiger partial charge in [-0.3, -0.25) is 0 Å². The van der Waals surface area contributed by atoms with E-state index in [0.29, 0.717) is 12.2 Å². The summed E-state index contributed by atoms with van der Waals surface area (Å²) >= 11 is 7.49. The monoisotopic (exact) mass is 322 g/mol. The van der Waals surface area contributed by atoms with Gasteiger partial charge in [0.05, 0.1) is 0 Å². The maximum atomic E-state index is 11.1. The highest BCUT2D eigenvalue weighted by Crippen LogP contribution is 1.94. The van der Waals surface area contributed by atoms with Gasteiger partial charge in [-0.2, -0.15) is 25.3 Å². The summed E-state index contributed by atoms with van der Waals surface area (Å²) in [6, 6.07) is -2.12. The average Bonchev–Trinajstić information content (AvgIpc) is 2.42. The summed E-state index contributed by atoms with van der Waals surface area (Å²) in [6.45, 7) is 0. The van der Waals surface area contributed by atoms with E-state index >= 15 is 0 Å². The molecular formula is C10H14N2O6S2. The fourth-order valence-electron chi connectivity index (χ4n) is 0.703. The van der Waals surface area contributed by atoms with E-state index in [9.17, 15) is 19.2 Å². The van der Waals surface area contributed by atoms with E-state index in [2.05, 4.69) is 34.7 Å². The molecule has 0 radical (unpaired) electrons. The van der Waals surface area contributed by atoms with Crippen molar-refractivity contribution in [2.45, 2.75) is 12.1 Å². The molecule has 0 aliphatic rings. The zero-order chi connectivity index (χ0) is 15.7. The molecule has 112 valence electrons. The van der Waals surface area contributed by atoms with Gasteiger partial charge in [-0.25, -0.2) is 19.2 Å². The highest BCUT2D eigenvalue weighted by atomic mass is 32.1. The Labute approximate surface area is 125 Å². The Bertz CT molecular complexity index is 388. The minimum atomic E-state index is -1.13. The normalized spacial score (nSPS) is 13.6. The third kappa shape index (κ3) is 7.28. The predicted molar refractivity (Wildman–Crippen MR) is 75.0 cm³/mol. The molecule has 0 aromatic heterocycles. The van der Waals surface area contributed by atoms with Crippen molar-refractivity contribution >= 4 is 49.1 Å². The number of thiol groups is 2. The molecule has 0 saturated carbocycles. The largest absolute Gasteiger partial charge is 0.389 e. The van der Waals surface area contributed by atoms with Crippen LogP contribution in [-0.4, -0.2) is 47.5 Å². The van der Waals surface area contributed by atoms with Crippen molar-refractivity contribution in [2.75, 3.05) is 11.5 Å². The van der Waals surface area contributed by atoms with Gasteiger partial charge >= 0.3 is 23.9 Å². The molecule has 10 heteroatoms. The molecule has 0 amide bonds. The minimum Gasteiger partial charge on any atom is -0.389 e. The van der Waals surface area contributed by atoms with Crippen LogP contribution in [-0.2, 0) is 28.7 Å². The van der Waals surface area contributed by atoms with Crippen molar-refractivity contribution in [2.24, 2.45) is 11.5 Å². The zero-order valence-corrected chi connectivity index (χ0v) is 12.0. The lowest BCUT2D eigenvalue weighted by molar-refractivity contribution is -0.159. The number of nitrogens with two attached hydrogens (primary N) is 2. The molecule has 4 N–H and O–H groups in total. The number of esters is 4. The van der Waals surface area contributed by atoms with Crippen LogP contribution in [0.4, 0.5) is 0 Å². The van der Waals surface area contributed by atoms with Crippen LogP contribution in [0.25, 0.3) is 0 Å². The Kier molecular flexibility index (Phi) is 8.88. The Morgan fingerprint density at radius 2 is 1.15 bits per heavy atom. The molecule has 0 saturated heterocycles. The first kappa shape index (κ1) is 18.6. The Balaban J connectivity index is 4.29. The Morgan fingerprint density at radius 1 is 0.850 bits per heavy atom. The van der Waals surface area contributed by atoms with E-state index in [1.165, 1.54) is 0 Å². The van der Waals surface area contributed by atoms with E-state index < -0.39 is 36.0 Å². The second-order valence-corrected chi connectivity index (χ2v) is 4.12. The summed E-state index contributed by atoms with van der Waals surface area (Å²) in [4.78, 5) is 44.4. The van der Waals surface area contributed by atoms with Crippen molar-refractivity contribution < 1.29 is 28.7 Å². The van der Waals surface area contributed by atoms with Crippen LogP contribution in [0, 0.1) is 0 Å². The maximum Gasteiger partial charge on any atom is 0.338 e. The summed E-state index contributed by atoms with van der Waals surface area (Å²) in [5, 5.41) is 0. The fourth-order valence-corrected chi connectivity index (χ4v) is 1.00. The maximum absolute atomic E-state index is 11.1. The number of ether oxygens (including phenoxy) is 2. The third-order valence-electron chi connectivity index (χ3n) is 1.76. The highest BCUT2D eigenvalue weighted by Gasteiger charge is 2.18. The molecule has 8 nitrogen and oxygen atoms in total. The molecule has 0 bridgehead atoms. The van der Waals surface area contributed by atoms with Crippen LogP contribution in [0.1, 0.15) is 0 Å². The van der Waals surface area contributed by atoms with Crippen LogP contribution in [0.5, 0.6) is 0 Å². The van der Waals surface area contributed by atoms with Gasteiger partial charge in [0, 0.05) is 23.7 Å². The van der Waals surface area contributed by atoms with E-state index in [4.69, 9.17) is 11.5 Å². The molecule has 0 aliphatic heterocycles. The van der Waals surface area contributed by atoms with Crippen molar-refractivity contribution in [3.8, 4) is 0 Å². The summed E-state index contributed by atoms with van der Waals surface area (Å²) in [6.07, 6.45) is 1.23. The van der Waals surface area contributed by atoms with Gasteiger partial charge < -0.3 is 20.9 Å². The van der Waals surface area contributed by atoms with E-state index in [0.717, 1.165) is 0 Å². The summed E-state index contributed by atoms with van der Waals surface area (Å²) in [5.74, 6) is -4.25. The molecule has 0 aliphatic carbocycles. The third-order valence-corrected chi connectivity index (χ3v) is 2.54. The van der Waals surface area contributed by atoms with Crippen LogP contribution in [0.2, 0.25) is 0 Å². The minimum absolute atomic E-state index is 0.00596. The first-order chi connectivity index (χ1) is 9.31. The molecule has 0 unspecified atom stereocenters. The van der Waals surface area contributed by atoms with Gasteiger partial charge in [0.25, 0.3) is 0 Å². The van der Waals surface area contributed by atoms with E-state index in [1.807, 2.05) is 0 Å². The lowest BCUT2D eigenvalue weighted by Gasteiger charge is -2.06. The average molecular weight is 322 g/mol. The molecule has 0 rings (SSSR count). The molecule has 0 fully saturated rings. The van der Waals surface area contributed by atoms with Gasteiger partial charge in [0.15, 0.2) is 0 Å². The molecule has 0 spiro atoms. The highest BCUT2D eigenvalue weighted by molar-refractivity contribution is 7.80. The molecule has 0 aromatic carbocycles. The van der Waals surface area contributed by atoms with Crippen molar-refractivity contribution in [1.82, 2.24) is 0 Å². The van der Waals surface area contributed by atoms with Gasteiger partial charge in [0.1, 0.15) is 12.1 Å². The fraction of sp³-hybridized carbons (Fsp3) is 0.400. The second kappa shape index (κ2) is 9.53. The Hall–Kier alpha value is -1.36. The number of hydrogen-bond acceptors (Lipinski definition) is 10. The van der Waals surface area contributed by atoms with Crippen LogP contribution in [0.15, 0.2) is 12.2 Å². The van der Waals surface area contributed by atoms with Crippen LogP contribution >= 0.6 is 25.3 Å². The molecule has 0 aromatic rings. The van der Waals surface area contributed by atoms with Crippen LogP contribution < -0.4 is 11.5 Å². The number of hydrogen-bond donors (Lipinski definition) is 4. The zero-order valence-electron chi connectivity index (χ0n) is 10.2. The van der Waals surface area contributed by atoms with Gasteiger partial charge in [-0.15, -0.1) is 0 Å². The van der Waals surface area contributed by atoms with E-state index in [1.54, 1.807) is 0 Å². The first-order valence-electron chi connectivity index (χ1n) is 5.24. The van der Waals surface area contributed by atoms with Gasteiger partial charge in [-0.1, -0.05) is 0 Å². The predicted octanol–water partition coefficient (Wildman–Crippen LogP) is -1.80. The molecule has 20 heavy (non-hydrogen) atoms. The number of carbonyl (C=O) groups is 4. The molecule has 0 heterocycles. The lowest BCUT2D eigenvalue weighted by Crippen LogP contribution is -2.35. The molecular weight excluding hydrogens is 308 g/mol. The number of carbonyl (C=O) groups excluding carboxylic acids is 4.